The second-order valence-electron chi connectivity index (χ2n) is 6.37. The number of hydrogen-bond acceptors (Lipinski definition) is 5. The van der Waals surface area contributed by atoms with E-state index in [1.54, 1.807) is 42.7 Å². The lowest BCUT2D eigenvalue weighted by molar-refractivity contribution is -0.121. The van der Waals surface area contributed by atoms with Crippen LogP contribution in [0.25, 0.3) is 10.9 Å². The minimum atomic E-state index is -0.465. The fourth-order valence-corrected chi connectivity index (χ4v) is 3.74. The zero-order valence-corrected chi connectivity index (χ0v) is 16.5. The van der Waals surface area contributed by atoms with Gasteiger partial charge in [0, 0.05) is 31.7 Å². The van der Waals surface area contributed by atoms with Gasteiger partial charge in [-0.05, 0) is 36.4 Å². The van der Waals surface area contributed by atoms with E-state index in [0.717, 1.165) is 4.88 Å². The Morgan fingerprint density at radius 2 is 1.96 bits per heavy atom. The third kappa shape index (κ3) is 4.58. The Labute approximate surface area is 166 Å². The number of carbonyl (C=O) groups is 1. The van der Waals surface area contributed by atoms with Gasteiger partial charge in [-0.2, -0.15) is 0 Å². The van der Waals surface area contributed by atoms with Crippen LogP contribution in [0.2, 0.25) is 0 Å². The molecule has 1 aromatic carbocycles. The van der Waals surface area contributed by atoms with E-state index < -0.39 is 5.69 Å². The maximum Gasteiger partial charge on any atom is 0.331 e. The van der Waals surface area contributed by atoms with Crippen molar-refractivity contribution in [2.75, 3.05) is 20.3 Å². The first kappa shape index (κ1) is 20.0. The highest BCUT2D eigenvalue weighted by Crippen LogP contribution is 2.11. The van der Waals surface area contributed by atoms with Gasteiger partial charge in [0.15, 0.2) is 0 Å². The standard InChI is InChI=1S/C20H23N3O4S/c1-27-12-5-10-21-18(24)14-23-17-8-3-2-7-16(17)19(25)22(20(23)26)11-9-15-6-4-13-28-15/h2-4,6-8,13H,5,9-12,14H2,1H3,(H,21,24). The van der Waals surface area contributed by atoms with Crippen molar-refractivity contribution in [2.24, 2.45) is 0 Å². The molecule has 0 bridgehead atoms. The van der Waals surface area contributed by atoms with Gasteiger partial charge in [0.05, 0.1) is 10.9 Å². The minimum Gasteiger partial charge on any atom is -0.385 e. The van der Waals surface area contributed by atoms with Crippen LogP contribution in [0.3, 0.4) is 0 Å². The third-order valence-electron chi connectivity index (χ3n) is 4.44. The number of nitrogens with one attached hydrogen (secondary N) is 1. The van der Waals surface area contributed by atoms with E-state index in [9.17, 15) is 14.4 Å². The first-order valence-corrected chi connectivity index (χ1v) is 10.00. The number of amides is 1. The van der Waals surface area contributed by atoms with Gasteiger partial charge >= 0.3 is 5.69 Å². The number of thiophene rings is 1. The van der Waals surface area contributed by atoms with E-state index in [0.29, 0.717) is 36.9 Å². The molecule has 0 unspecified atom stereocenters. The van der Waals surface area contributed by atoms with E-state index in [-0.39, 0.29) is 24.6 Å². The van der Waals surface area contributed by atoms with E-state index in [2.05, 4.69) is 5.32 Å². The highest BCUT2D eigenvalue weighted by molar-refractivity contribution is 7.09. The lowest BCUT2D eigenvalue weighted by atomic mass is 10.2. The van der Waals surface area contributed by atoms with E-state index in [4.69, 9.17) is 4.74 Å². The molecule has 0 spiro atoms. The van der Waals surface area contributed by atoms with Crippen molar-refractivity contribution in [3.8, 4) is 0 Å². The van der Waals surface area contributed by atoms with Crippen molar-refractivity contribution < 1.29 is 9.53 Å². The van der Waals surface area contributed by atoms with Crippen molar-refractivity contribution in [3.05, 3.63) is 67.5 Å². The molecule has 0 fully saturated rings. The highest BCUT2D eigenvalue weighted by atomic mass is 32.1. The van der Waals surface area contributed by atoms with Gasteiger partial charge in [-0.1, -0.05) is 18.2 Å². The summed E-state index contributed by atoms with van der Waals surface area (Å²) in [6, 6.07) is 10.8. The number of rotatable bonds is 9. The average molecular weight is 401 g/mol. The van der Waals surface area contributed by atoms with Crippen LogP contribution >= 0.6 is 11.3 Å². The molecule has 2 heterocycles. The van der Waals surface area contributed by atoms with Crippen LogP contribution in [-0.2, 0) is 29.0 Å². The molecule has 3 aromatic rings. The summed E-state index contributed by atoms with van der Waals surface area (Å²) in [7, 11) is 1.60. The number of carbonyl (C=O) groups excluding carboxylic acids is 1. The molecule has 1 amide bonds. The van der Waals surface area contributed by atoms with E-state index >= 15 is 0 Å². The molecule has 3 rings (SSSR count). The molecule has 0 aliphatic rings. The number of fused-ring (bicyclic) bond motifs is 1. The van der Waals surface area contributed by atoms with Gasteiger partial charge in [-0.25, -0.2) is 4.79 Å². The summed E-state index contributed by atoms with van der Waals surface area (Å²) in [6.45, 7) is 1.16. The molecular weight excluding hydrogens is 378 g/mol. The summed E-state index contributed by atoms with van der Waals surface area (Å²) in [5.74, 6) is -0.271. The van der Waals surface area contributed by atoms with Gasteiger partial charge < -0.3 is 10.1 Å². The van der Waals surface area contributed by atoms with Crippen LogP contribution in [0.4, 0.5) is 0 Å². The monoisotopic (exact) mass is 401 g/mol. The molecule has 0 saturated heterocycles. The Balaban J connectivity index is 1.90. The Kier molecular flexibility index (Phi) is 6.78. The predicted molar refractivity (Wildman–Crippen MR) is 110 cm³/mol. The molecule has 2 aromatic heterocycles. The summed E-state index contributed by atoms with van der Waals surface area (Å²) >= 11 is 1.59. The quantitative estimate of drug-likeness (QED) is 0.553. The highest BCUT2D eigenvalue weighted by Gasteiger charge is 2.15. The zero-order chi connectivity index (χ0) is 19.9. The predicted octanol–water partition coefficient (Wildman–Crippen LogP) is 1.62. The smallest absolute Gasteiger partial charge is 0.331 e. The Morgan fingerprint density at radius 3 is 2.71 bits per heavy atom. The minimum absolute atomic E-state index is 0.133. The lowest BCUT2D eigenvalue weighted by Crippen LogP contribution is -2.43. The number of nitrogens with zero attached hydrogens (tertiary/aromatic N) is 2. The van der Waals surface area contributed by atoms with Crippen molar-refractivity contribution in [2.45, 2.75) is 25.9 Å². The maximum atomic E-state index is 13.0. The number of benzene rings is 1. The summed E-state index contributed by atoms with van der Waals surface area (Å²) in [4.78, 5) is 39.2. The molecule has 7 nitrogen and oxygen atoms in total. The Morgan fingerprint density at radius 1 is 1.14 bits per heavy atom. The number of aryl methyl sites for hydroxylation is 1. The maximum absolute atomic E-state index is 13.0. The molecule has 8 heteroatoms. The lowest BCUT2D eigenvalue weighted by Gasteiger charge is -2.14. The molecule has 0 aliphatic heterocycles. The first-order valence-electron chi connectivity index (χ1n) is 9.12. The normalized spacial score (nSPS) is 11.0. The summed E-state index contributed by atoms with van der Waals surface area (Å²) in [5, 5.41) is 5.18. The van der Waals surface area contributed by atoms with Gasteiger partial charge in [0.25, 0.3) is 5.56 Å². The van der Waals surface area contributed by atoms with Gasteiger partial charge in [0.1, 0.15) is 6.54 Å². The van der Waals surface area contributed by atoms with E-state index in [1.807, 2.05) is 17.5 Å². The first-order chi connectivity index (χ1) is 13.6. The van der Waals surface area contributed by atoms with Crippen LogP contribution in [0, 0.1) is 0 Å². The van der Waals surface area contributed by atoms with Crippen molar-refractivity contribution in [1.82, 2.24) is 14.5 Å². The summed E-state index contributed by atoms with van der Waals surface area (Å²) in [5.41, 5.74) is -0.321. The number of hydrogen-bond donors (Lipinski definition) is 1. The molecule has 28 heavy (non-hydrogen) atoms. The van der Waals surface area contributed by atoms with Crippen molar-refractivity contribution >= 4 is 28.1 Å². The largest absolute Gasteiger partial charge is 0.385 e. The number of methoxy groups -OCH3 is 1. The van der Waals surface area contributed by atoms with Crippen molar-refractivity contribution in [3.63, 3.8) is 0 Å². The second-order valence-corrected chi connectivity index (χ2v) is 7.40. The summed E-state index contributed by atoms with van der Waals surface area (Å²) < 4.78 is 7.56. The van der Waals surface area contributed by atoms with Crippen LogP contribution in [0.15, 0.2) is 51.4 Å². The molecule has 0 atom stereocenters. The molecule has 0 radical (unpaired) electrons. The molecular formula is C20H23N3O4S. The zero-order valence-electron chi connectivity index (χ0n) is 15.7. The fourth-order valence-electron chi connectivity index (χ4n) is 3.04. The van der Waals surface area contributed by atoms with Gasteiger partial charge in [-0.15, -0.1) is 11.3 Å². The number of para-hydroxylation sites is 1. The van der Waals surface area contributed by atoms with Gasteiger partial charge in [-0.3, -0.25) is 18.7 Å². The van der Waals surface area contributed by atoms with Crippen LogP contribution in [0.1, 0.15) is 11.3 Å². The molecule has 148 valence electrons. The number of ether oxygens (including phenoxy) is 1. The van der Waals surface area contributed by atoms with Crippen molar-refractivity contribution in [1.29, 1.82) is 0 Å². The third-order valence-corrected chi connectivity index (χ3v) is 5.38. The van der Waals surface area contributed by atoms with Crippen LogP contribution < -0.4 is 16.6 Å². The van der Waals surface area contributed by atoms with E-state index in [1.165, 1.54) is 9.13 Å². The van der Waals surface area contributed by atoms with Crippen LogP contribution in [0.5, 0.6) is 0 Å². The van der Waals surface area contributed by atoms with Gasteiger partial charge in [0.2, 0.25) is 5.91 Å². The Hall–Kier alpha value is -2.71. The topological polar surface area (TPSA) is 82.3 Å². The Bertz CT molecular complexity index is 1050. The fraction of sp³-hybridized carbons (Fsp3) is 0.350. The SMILES string of the molecule is COCCCNC(=O)Cn1c(=O)n(CCc2cccs2)c(=O)c2ccccc21. The van der Waals surface area contributed by atoms with Crippen LogP contribution in [-0.4, -0.2) is 35.3 Å². The molecule has 0 aliphatic carbocycles. The summed E-state index contributed by atoms with van der Waals surface area (Å²) in [6.07, 6.45) is 1.28. The molecule has 0 saturated carbocycles. The average Bonchev–Trinajstić information content (AvgIpc) is 3.22. The molecule has 1 N–H and O–H groups in total. The second kappa shape index (κ2) is 9.48. The number of aromatic nitrogens is 2.